The highest BCUT2D eigenvalue weighted by molar-refractivity contribution is 5.96. The third kappa shape index (κ3) is 3.07. The second-order valence-electron chi connectivity index (χ2n) is 4.59. The Kier molecular flexibility index (Phi) is 4.01. The number of nitrogens with one attached hydrogen (secondary N) is 1. The Balaban J connectivity index is 2.16. The lowest BCUT2D eigenvalue weighted by atomic mass is 10.2. The first kappa shape index (κ1) is 14.7. The Morgan fingerprint density at radius 1 is 1.52 bits per heavy atom. The molecular formula is C12H16N6O3. The molecule has 0 spiro atoms. The summed E-state index contributed by atoms with van der Waals surface area (Å²) in [6.45, 7) is 4.44. The van der Waals surface area contributed by atoms with E-state index < -0.39 is 10.8 Å². The maximum absolute atomic E-state index is 12.1. The van der Waals surface area contributed by atoms with Crippen LogP contribution in [-0.4, -0.2) is 30.4 Å². The van der Waals surface area contributed by atoms with Gasteiger partial charge in [-0.25, -0.2) is 0 Å². The van der Waals surface area contributed by atoms with E-state index in [1.54, 1.807) is 23.9 Å². The maximum atomic E-state index is 12.1. The topological polar surface area (TPSA) is 108 Å². The molecular weight excluding hydrogens is 276 g/mol. The molecule has 1 unspecified atom stereocenters. The summed E-state index contributed by atoms with van der Waals surface area (Å²) < 4.78 is 2.98. The quantitative estimate of drug-likeness (QED) is 0.654. The van der Waals surface area contributed by atoms with Gasteiger partial charge in [-0.15, -0.1) is 0 Å². The highest BCUT2D eigenvalue weighted by Gasteiger charge is 2.26. The van der Waals surface area contributed by atoms with Crippen LogP contribution in [0, 0.1) is 10.1 Å². The van der Waals surface area contributed by atoms with Gasteiger partial charge in [0.25, 0.3) is 5.91 Å². The van der Waals surface area contributed by atoms with E-state index in [0.717, 1.165) is 6.54 Å². The fourth-order valence-electron chi connectivity index (χ4n) is 1.89. The Morgan fingerprint density at radius 2 is 2.24 bits per heavy atom. The third-order valence-electron chi connectivity index (χ3n) is 3.00. The monoisotopic (exact) mass is 292 g/mol. The summed E-state index contributed by atoms with van der Waals surface area (Å²) in [7, 11) is 1.52. The Morgan fingerprint density at radius 3 is 2.81 bits per heavy atom. The summed E-state index contributed by atoms with van der Waals surface area (Å²) >= 11 is 0. The smallest absolute Gasteiger partial charge is 0.320 e. The van der Waals surface area contributed by atoms with Crippen molar-refractivity contribution in [1.29, 1.82) is 0 Å². The Labute approximate surface area is 120 Å². The summed E-state index contributed by atoms with van der Waals surface area (Å²) in [5, 5.41) is 21.7. The highest BCUT2D eigenvalue weighted by atomic mass is 16.6. The van der Waals surface area contributed by atoms with Gasteiger partial charge >= 0.3 is 5.69 Å². The lowest BCUT2D eigenvalue weighted by molar-refractivity contribution is -0.385. The van der Waals surface area contributed by atoms with Crippen LogP contribution in [0.4, 0.5) is 5.69 Å². The second-order valence-corrected chi connectivity index (χ2v) is 4.59. The van der Waals surface area contributed by atoms with Crippen LogP contribution in [-0.2, 0) is 13.6 Å². The summed E-state index contributed by atoms with van der Waals surface area (Å²) in [4.78, 5) is 22.4. The van der Waals surface area contributed by atoms with E-state index in [1.807, 2.05) is 6.92 Å². The molecule has 0 aliphatic heterocycles. The van der Waals surface area contributed by atoms with Gasteiger partial charge in [-0.05, 0) is 19.9 Å². The number of hydrogen-bond acceptors (Lipinski definition) is 5. The van der Waals surface area contributed by atoms with Crippen molar-refractivity contribution in [3.05, 3.63) is 40.0 Å². The molecule has 0 aliphatic rings. The maximum Gasteiger partial charge on any atom is 0.320 e. The van der Waals surface area contributed by atoms with Crippen LogP contribution in [0.15, 0.2) is 18.5 Å². The van der Waals surface area contributed by atoms with E-state index in [4.69, 9.17) is 0 Å². The van der Waals surface area contributed by atoms with Gasteiger partial charge in [0.05, 0.1) is 16.7 Å². The zero-order valence-corrected chi connectivity index (χ0v) is 12.0. The van der Waals surface area contributed by atoms with Crippen LogP contribution < -0.4 is 5.32 Å². The predicted molar refractivity (Wildman–Crippen MR) is 73.6 cm³/mol. The number of aromatic nitrogens is 4. The first-order chi connectivity index (χ1) is 9.92. The van der Waals surface area contributed by atoms with Crippen molar-refractivity contribution in [3.8, 4) is 0 Å². The molecule has 2 aromatic heterocycles. The zero-order valence-electron chi connectivity index (χ0n) is 12.0. The molecule has 1 amide bonds. The number of nitro groups is 1. The van der Waals surface area contributed by atoms with Crippen molar-refractivity contribution in [2.75, 3.05) is 0 Å². The number of nitrogens with zero attached hydrogens (tertiary/aromatic N) is 5. The minimum atomic E-state index is -0.627. The first-order valence-electron chi connectivity index (χ1n) is 6.44. The van der Waals surface area contributed by atoms with Crippen molar-refractivity contribution >= 4 is 11.6 Å². The van der Waals surface area contributed by atoms with Crippen molar-refractivity contribution in [3.63, 3.8) is 0 Å². The molecule has 1 N–H and O–H groups in total. The number of amides is 1. The average Bonchev–Trinajstić information content (AvgIpc) is 3.04. The molecule has 0 bridgehead atoms. The van der Waals surface area contributed by atoms with Gasteiger partial charge in [-0.2, -0.15) is 10.2 Å². The average molecular weight is 292 g/mol. The molecule has 21 heavy (non-hydrogen) atoms. The van der Waals surface area contributed by atoms with E-state index in [2.05, 4.69) is 15.5 Å². The van der Waals surface area contributed by atoms with E-state index >= 15 is 0 Å². The predicted octanol–water partition coefficient (Wildman–Crippen LogP) is 1.04. The van der Waals surface area contributed by atoms with E-state index in [1.165, 1.54) is 17.9 Å². The van der Waals surface area contributed by atoms with Crippen molar-refractivity contribution in [2.24, 2.45) is 7.05 Å². The molecule has 1 atom stereocenters. The molecule has 9 heteroatoms. The summed E-state index contributed by atoms with van der Waals surface area (Å²) in [6.07, 6.45) is 3.01. The van der Waals surface area contributed by atoms with Crippen molar-refractivity contribution in [1.82, 2.24) is 24.9 Å². The van der Waals surface area contributed by atoms with Crippen molar-refractivity contribution < 1.29 is 9.72 Å². The van der Waals surface area contributed by atoms with E-state index in [9.17, 15) is 14.9 Å². The SMILES string of the molecule is CCn1ccc(C(C)NC(=O)c2nn(C)cc2[N+](=O)[O-])n1. The minimum absolute atomic E-state index is 0.204. The summed E-state index contributed by atoms with van der Waals surface area (Å²) in [5.74, 6) is -0.596. The summed E-state index contributed by atoms with van der Waals surface area (Å²) in [5.41, 5.74) is 0.161. The van der Waals surface area contributed by atoms with Gasteiger partial charge in [-0.1, -0.05) is 0 Å². The molecule has 2 aromatic rings. The van der Waals surface area contributed by atoms with Gasteiger partial charge < -0.3 is 5.32 Å². The fourth-order valence-corrected chi connectivity index (χ4v) is 1.89. The molecule has 0 fully saturated rings. The molecule has 112 valence electrons. The molecule has 0 saturated heterocycles. The van der Waals surface area contributed by atoms with E-state index in [-0.39, 0.29) is 17.4 Å². The highest BCUT2D eigenvalue weighted by Crippen LogP contribution is 2.17. The first-order valence-corrected chi connectivity index (χ1v) is 6.44. The van der Waals surface area contributed by atoms with Gasteiger partial charge in [0.15, 0.2) is 0 Å². The molecule has 9 nitrogen and oxygen atoms in total. The number of carbonyl (C=O) groups excluding carboxylic acids is 1. The lowest BCUT2D eigenvalue weighted by Crippen LogP contribution is -2.28. The van der Waals surface area contributed by atoms with Gasteiger partial charge in [-0.3, -0.25) is 24.3 Å². The third-order valence-corrected chi connectivity index (χ3v) is 3.00. The number of hydrogen-bond donors (Lipinski definition) is 1. The Hall–Kier alpha value is -2.71. The molecule has 0 aliphatic carbocycles. The number of aryl methyl sites for hydroxylation is 2. The van der Waals surface area contributed by atoms with Crippen LogP contribution in [0.3, 0.4) is 0 Å². The number of carbonyl (C=O) groups is 1. The normalized spacial score (nSPS) is 12.1. The molecule has 2 heterocycles. The number of rotatable bonds is 5. The lowest BCUT2D eigenvalue weighted by Gasteiger charge is -2.10. The Bertz CT molecular complexity index is 674. The van der Waals surface area contributed by atoms with Gasteiger partial charge in [0.1, 0.15) is 6.20 Å². The second kappa shape index (κ2) is 5.73. The fraction of sp³-hybridized carbons (Fsp3) is 0.417. The molecule has 0 saturated carbocycles. The zero-order chi connectivity index (χ0) is 15.6. The van der Waals surface area contributed by atoms with Crippen LogP contribution in [0.1, 0.15) is 36.1 Å². The minimum Gasteiger partial charge on any atom is -0.342 e. The molecule has 2 rings (SSSR count). The van der Waals surface area contributed by atoms with Crippen LogP contribution >= 0.6 is 0 Å². The molecule has 0 aromatic carbocycles. The van der Waals surface area contributed by atoms with Gasteiger partial charge in [0, 0.05) is 19.8 Å². The summed E-state index contributed by atoms with van der Waals surface area (Å²) in [6, 6.07) is 1.42. The standard InChI is InChI=1S/C12H16N6O3/c1-4-17-6-5-9(14-17)8(2)13-12(19)11-10(18(20)21)7-16(3)15-11/h5-8H,4H2,1-3H3,(H,13,19). The van der Waals surface area contributed by atoms with Crippen LogP contribution in [0.2, 0.25) is 0 Å². The van der Waals surface area contributed by atoms with Gasteiger partial charge in [0.2, 0.25) is 5.69 Å². The van der Waals surface area contributed by atoms with Crippen LogP contribution in [0.25, 0.3) is 0 Å². The van der Waals surface area contributed by atoms with Crippen LogP contribution in [0.5, 0.6) is 0 Å². The molecule has 0 radical (unpaired) electrons. The van der Waals surface area contributed by atoms with Crippen molar-refractivity contribution in [2.45, 2.75) is 26.4 Å². The largest absolute Gasteiger partial charge is 0.342 e. The van der Waals surface area contributed by atoms with E-state index in [0.29, 0.717) is 5.69 Å².